The molecule has 0 spiro atoms. The Hall–Kier alpha value is -2.02. The first-order valence-electron chi connectivity index (χ1n) is 7.91. The minimum atomic E-state index is -0.367. The number of fused-ring (bicyclic) bond motifs is 1. The molecule has 0 radical (unpaired) electrons. The number of furan rings is 1. The summed E-state index contributed by atoms with van der Waals surface area (Å²) in [5, 5.41) is 4.10. The number of hydrogen-bond donors (Lipinski definition) is 1. The average Bonchev–Trinajstić information content (AvgIpc) is 2.94. The van der Waals surface area contributed by atoms with Gasteiger partial charge in [-0.25, -0.2) is 0 Å². The molecule has 0 aliphatic heterocycles. The maximum Gasteiger partial charge on any atom is 0.291 e. The highest BCUT2D eigenvalue weighted by Gasteiger charge is 2.20. The van der Waals surface area contributed by atoms with Crippen LogP contribution in [0.3, 0.4) is 0 Å². The number of nitrogens with one attached hydrogen (secondary N) is 1. The van der Waals surface area contributed by atoms with Crippen molar-refractivity contribution in [3.63, 3.8) is 0 Å². The van der Waals surface area contributed by atoms with E-state index in [0.717, 1.165) is 15.4 Å². The summed E-state index contributed by atoms with van der Waals surface area (Å²) in [6, 6.07) is 10.8. The highest BCUT2D eigenvalue weighted by atomic mass is 79.9. The van der Waals surface area contributed by atoms with Crippen LogP contribution >= 0.6 is 27.5 Å². The van der Waals surface area contributed by atoms with Gasteiger partial charge in [-0.3, -0.25) is 4.79 Å². The molecule has 7 heteroatoms. The maximum absolute atomic E-state index is 12.7. The summed E-state index contributed by atoms with van der Waals surface area (Å²) in [6.07, 6.45) is 0. The number of ether oxygens (including phenoxy) is 2. The Balaban J connectivity index is 1.89. The minimum Gasteiger partial charge on any atom is -0.487 e. The molecule has 2 aromatic carbocycles. The predicted molar refractivity (Wildman–Crippen MR) is 105 cm³/mol. The molecular weight excluding hydrogens is 422 g/mol. The fourth-order valence-corrected chi connectivity index (χ4v) is 3.16. The van der Waals surface area contributed by atoms with Crippen molar-refractivity contribution in [1.82, 2.24) is 0 Å². The van der Waals surface area contributed by atoms with Crippen LogP contribution < -0.4 is 10.1 Å². The summed E-state index contributed by atoms with van der Waals surface area (Å²) in [4.78, 5) is 12.7. The van der Waals surface area contributed by atoms with Gasteiger partial charge in [-0.1, -0.05) is 33.6 Å². The molecule has 0 fully saturated rings. The molecule has 1 N–H and O–H groups in total. The Morgan fingerprint density at radius 3 is 2.85 bits per heavy atom. The number of anilines is 1. The first-order chi connectivity index (χ1) is 12.5. The lowest BCUT2D eigenvalue weighted by Crippen LogP contribution is -2.14. The molecular formula is C19H17BrClNO4. The fourth-order valence-electron chi connectivity index (χ4n) is 2.57. The molecule has 5 nitrogen and oxygen atoms in total. The molecule has 0 bridgehead atoms. The summed E-state index contributed by atoms with van der Waals surface area (Å²) in [5.74, 6) is 0.283. The van der Waals surface area contributed by atoms with Crippen molar-refractivity contribution in [3.8, 4) is 5.75 Å². The molecule has 1 aromatic heterocycles. The number of rotatable bonds is 6. The molecule has 0 saturated heterocycles. The third kappa shape index (κ3) is 3.87. The van der Waals surface area contributed by atoms with Gasteiger partial charge in [-0.2, -0.15) is 0 Å². The van der Waals surface area contributed by atoms with Crippen LogP contribution in [0.5, 0.6) is 5.75 Å². The van der Waals surface area contributed by atoms with Crippen molar-refractivity contribution in [2.75, 3.05) is 25.6 Å². The van der Waals surface area contributed by atoms with Gasteiger partial charge in [0.15, 0.2) is 11.5 Å². The van der Waals surface area contributed by atoms with Crippen LogP contribution in [0.2, 0.25) is 5.02 Å². The van der Waals surface area contributed by atoms with Crippen molar-refractivity contribution in [1.29, 1.82) is 0 Å². The van der Waals surface area contributed by atoms with E-state index in [9.17, 15) is 4.79 Å². The fraction of sp³-hybridized carbons (Fsp3) is 0.211. The second-order valence-corrected chi connectivity index (χ2v) is 6.93. The lowest BCUT2D eigenvalue weighted by Gasteiger charge is -2.13. The first-order valence-corrected chi connectivity index (χ1v) is 9.08. The van der Waals surface area contributed by atoms with Crippen LogP contribution in [-0.4, -0.2) is 26.2 Å². The van der Waals surface area contributed by atoms with Crippen LogP contribution in [0.1, 0.15) is 16.1 Å². The quantitative estimate of drug-likeness (QED) is 0.521. The monoisotopic (exact) mass is 437 g/mol. The second kappa shape index (κ2) is 8.12. The molecule has 1 heterocycles. The van der Waals surface area contributed by atoms with Gasteiger partial charge < -0.3 is 19.2 Å². The van der Waals surface area contributed by atoms with E-state index in [0.29, 0.717) is 35.3 Å². The zero-order valence-corrected chi connectivity index (χ0v) is 16.6. The van der Waals surface area contributed by atoms with E-state index in [4.69, 9.17) is 25.5 Å². The SMILES string of the molecule is COCCOc1c(Cl)cccc1NC(=O)c1oc2ccc(Br)cc2c1C. The Morgan fingerprint density at radius 2 is 2.08 bits per heavy atom. The van der Waals surface area contributed by atoms with Crippen molar-refractivity contribution < 1.29 is 18.7 Å². The minimum absolute atomic E-state index is 0.251. The molecule has 0 aliphatic rings. The van der Waals surface area contributed by atoms with Gasteiger partial charge in [0.05, 0.1) is 17.3 Å². The molecule has 136 valence electrons. The number of benzene rings is 2. The van der Waals surface area contributed by atoms with Gasteiger partial charge in [0.1, 0.15) is 12.2 Å². The van der Waals surface area contributed by atoms with Gasteiger partial charge in [-0.05, 0) is 37.3 Å². The topological polar surface area (TPSA) is 60.7 Å². The van der Waals surface area contributed by atoms with Crippen LogP contribution in [0.15, 0.2) is 45.3 Å². The van der Waals surface area contributed by atoms with Gasteiger partial charge in [0.25, 0.3) is 5.91 Å². The van der Waals surface area contributed by atoms with Crippen molar-refractivity contribution in [2.45, 2.75) is 6.92 Å². The molecule has 3 rings (SSSR count). The van der Waals surface area contributed by atoms with Crippen LogP contribution in [0, 0.1) is 6.92 Å². The number of carbonyl (C=O) groups excluding carboxylic acids is 1. The van der Waals surface area contributed by atoms with Crippen LogP contribution in [-0.2, 0) is 4.74 Å². The number of carbonyl (C=O) groups is 1. The zero-order chi connectivity index (χ0) is 18.7. The molecule has 0 atom stereocenters. The van der Waals surface area contributed by atoms with Crippen LogP contribution in [0.4, 0.5) is 5.69 Å². The smallest absolute Gasteiger partial charge is 0.291 e. The van der Waals surface area contributed by atoms with E-state index >= 15 is 0 Å². The lowest BCUT2D eigenvalue weighted by molar-refractivity contribution is 0.0997. The summed E-state index contributed by atoms with van der Waals surface area (Å²) < 4.78 is 17.3. The third-order valence-electron chi connectivity index (χ3n) is 3.85. The highest BCUT2D eigenvalue weighted by molar-refractivity contribution is 9.10. The van der Waals surface area contributed by atoms with Gasteiger partial charge >= 0.3 is 0 Å². The van der Waals surface area contributed by atoms with Crippen LogP contribution in [0.25, 0.3) is 11.0 Å². The number of methoxy groups -OCH3 is 1. The van der Waals surface area contributed by atoms with E-state index in [1.165, 1.54) is 0 Å². The van der Waals surface area contributed by atoms with Crippen molar-refractivity contribution in [2.24, 2.45) is 0 Å². The van der Waals surface area contributed by atoms with E-state index in [-0.39, 0.29) is 11.7 Å². The zero-order valence-electron chi connectivity index (χ0n) is 14.3. The number of halogens is 2. The summed E-state index contributed by atoms with van der Waals surface area (Å²) >= 11 is 9.64. The Kier molecular flexibility index (Phi) is 5.86. The van der Waals surface area contributed by atoms with Crippen molar-refractivity contribution >= 4 is 50.1 Å². The summed E-state index contributed by atoms with van der Waals surface area (Å²) in [6.45, 7) is 2.58. The molecule has 1 amide bonds. The predicted octanol–water partition coefficient (Wildman–Crippen LogP) is 5.43. The average molecular weight is 439 g/mol. The number of aryl methyl sites for hydroxylation is 1. The first kappa shape index (κ1) is 18.8. The molecule has 26 heavy (non-hydrogen) atoms. The highest BCUT2D eigenvalue weighted by Crippen LogP contribution is 2.34. The number of para-hydroxylation sites is 1. The third-order valence-corrected chi connectivity index (χ3v) is 4.64. The van der Waals surface area contributed by atoms with Gasteiger partial charge in [0, 0.05) is 22.5 Å². The summed E-state index contributed by atoms with van der Waals surface area (Å²) in [5.41, 5.74) is 1.89. The molecule has 3 aromatic rings. The largest absolute Gasteiger partial charge is 0.487 e. The standard InChI is InChI=1S/C19H17BrClNO4/c1-11-13-10-12(20)6-7-16(13)26-17(11)19(23)22-15-5-3-4-14(21)18(15)25-9-8-24-2/h3-7,10H,8-9H2,1-2H3,(H,22,23). The van der Waals surface area contributed by atoms with E-state index in [2.05, 4.69) is 21.2 Å². The van der Waals surface area contributed by atoms with E-state index in [1.54, 1.807) is 25.3 Å². The van der Waals surface area contributed by atoms with E-state index in [1.807, 2.05) is 25.1 Å². The van der Waals surface area contributed by atoms with Gasteiger partial charge in [-0.15, -0.1) is 0 Å². The maximum atomic E-state index is 12.7. The number of hydrogen-bond acceptors (Lipinski definition) is 4. The molecule has 0 aliphatic carbocycles. The Morgan fingerprint density at radius 1 is 1.27 bits per heavy atom. The van der Waals surface area contributed by atoms with E-state index < -0.39 is 0 Å². The van der Waals surface area contributed by atoms with Gasteiger partial charge in [0.2, 0.25) is 0 Å². The Labute approximate surface area is 164 Å². The second-order valence-electron chi connectivity index (χ2n) is 5.61. The molecule has 0 saturated carbocycles. The Bertz CT molecular complexity index is 954. The summed E-state index contributed by atoms with van der Waals surface area (Å²) in [7, 11) is 1.58. The number of amides is 1. The van der Waals surface area contributed by atoms with Crippen molar-refractivity contribution in [3.05, 3.63) is 57.2 Å². The normalized spacial score (nSPS) is 10.9. The molecule has 0 unspecified atom stereocenters. The lowest BCUT2D eigenvalue weighted by atomic mass is 10.1.